The third-order valence-electron chi connectivity index (χ3n) is 4.84. The number of anilines is 1. The fourth-order valence-electron chi connectivity index (χ4n) is 3.53. The van der Waals surface area contributed by atoms with Crippen LogP contribution in [-0.2, 0) is 4.79 Å². The van der Waals surface area contributed by atoms with Crippen molar-refractivity contribution in [2.24, 2.45) is 0 Å². The van der Waals surface area contributed by atoms with E-state index in [9.17, 15) is 4.79 Å². The average molecular weight is 368 g/mol. The summed E-state index contributed by atoms with van der Waals surface area (Å²) in [5.41, 5.74) is 8.90. The third-order valence-corrected chi connectivity index (χ3v) is 5.09. The molecule has 132 valence electrons. The minimum Gasteiger partial charge on any atom is -0.383 e. The van der Waals surface area contributed by atoms with Gasteiger partial charge in [0.2, 0.25) is 5.91 Å². The van der Waals surface area contributed by atoms with Crippen LogP contribution in [0, 0.1) is 0 Å². The van der Waals surface area contributed by atoms with Crippen LogP contribution < -0.4 is 5.73 Å². The molecular formula is C19H18ClN5O. The second-order valence-electron chi connectivity index (χ2n) is 6.35. The summed E-state index contributed by atoms with van der Waals surface area (Å²) in [6.07, 6.45) is 5.73. The van der Waals surface area contributed by atoms with Crippen molar-refractivity contribution in [2.45, 2.75) is 12.5 Å². The molecule has 2 N–H and O–H groups in total. The maximum Gasteiger partial charge on any atom is 0.246 e. The van der Waals surface area contributed by atoms with Gasteiger partial charge in [0.15, 0.2) is 0 Å². The predicted octanol–water partition coefficient (Wildman–Crippen LogP) is 3.29. The topological polar surface area (TPSA) is 77.0 Å². The molecule has 1 atom stereocenters. The molecule has 1 saturated heterocycles. The molecule has 1 amide bonds. The highest BCUT2D eigenvalue weighted by atomic mass is 35.5. The molecule has 2 aromatic heterocycles. The van der Waals surface area contributed by atoms with E-state index in [2.05, 4.69) is 21.1 Å². The second kappa shape index (κ2) is 6.46. The average Bonchev–Trinajstić information content (AvgIpc) is 3.27. The van der Waals surface area contributed by atoms with Crippen LogP contribution in [0.3, 0.4) is 0 Å². The second-order valence-corrected chi connectivity index (χ2v) is 6.78. The Labute approximate surface area is 155 Å². The number of rotatable bonds is 3. The molecule has 0 radical (unpaired) electrons. The van der Waals surface area contributed by atoms with E-state index in [0.717, 1.165) is 28.6 Å². The molecule has 1 aliphatic heterocycles. The van der Waals surface area contributed by atoms with Gasteiger partial charge in [0, 0.05) is 29.9 Å². The molecule has 0 saturated carbocycles. The van der Waals surface area contributed by atoms with E-state index in [1.165, 1.54) is 12.4 Å². The molecule has 26 heavy (non-hydrogen) atoms. The number of carbonyl (C=O) groups is 1. The molecule has 0 spiro atoms. The fraction of sp³-hybridized carbons (Fsp3) is 0.211. The highest BCUT2D eigenvalue weighted by molar-refractivity contribution is 6.30. The van der Waals surface area contributed by atoms with Gasteiger partial charge in [-0.25, -0.2) is 9.97 Å². The molecule has 1 fully saturated rings. The number of aromatic nitrogens is 3. The third kappa shape index (κ3) is 2.72. The number of nitrogens with two attached hydrogens (primary N) is 1. The summed E-state index contributed by atoms with van der Waals surface area (Å²) in [6.45, 7) is 4.89. The molecule has 3 aromatic rings. The normalized spacial score (nSPS) is 17.0. The van der Waals surface area contributed by atoms with E-state index in [0.29, 0.717) is 23.9 Å². The van der Waals surface area contributed by atoms with Crippen molar-refractivity contribution in [2.75, 3.05) is 18.8 Å². The first kappa shape index (κ1) is 16.6. The van der Waals surface area contributed by atoms with Crippen LogP contribution in [0.15, 0.2) is 49.4 Å². The summed E-state index contributed by atoms with van der Waals surface area (Å²) in [6, 6.07) is 7.74. The van der Waals surface area contributed by atoms with E-state index in [4.69, 9.17) is 17.3 Å². The lowest BCUT2D eigenvalue weighted by Gasteiger charge is -2.15. The van der Waals surface area contributed by atoms with Crippen LogP contribution in [0.1, 0.15) is 12.5 Å². The van der Waals surface area contributed by atoms with Crippen LogP contribution in [0.5, 0.6) is 0 Å². The van der Waals surface area contributed by atoms with Gasteiger partial charge >= 0.3 is 0 Å². The Morgan fingerprint density at radius 1 is 1.31 bits per heavy atom. The molecule has 3 heterocycles. The number of amides is 1. The highest BCUT2D eigenvalue weighted by Gasteiger charge is 2.28. The fourth-order valence-corrected chi connectivity index (χ4v) is 3.66. The Morgan fingerprint density at radius 3 is 2.81 bits per heavy atom. The van der Waals surface area contributed by atoms with Gasteiger partial charge in [-0.05, 0) is 30.2 Å². The van der Waals surface area contributed by atoms with Gasteiger partial charge in [-0.2, -0.15) is 0 Å². The number of nitrogen functional groups attached to an aromatic ring is 1. The Bertz CT molecular complexity index is 995. The predicted molar refractivity (Wildman–Crippen MR) is 103 cm³/mol. The van der Waals surface area contributed by atoms with Crippen molar-refractivity contribution >= 4 is 34.4 Å². The quantitative estimate of drug-likeness (QED) is 0.720. The van der Waals surface area contributed by atoms with E-state index in [-0.39, 0.29) is 11.9 Å². The Morgan fingerprint density at radius 2 is 2.08 bits per heavy atom. The maximum absolute atomic E-state index is 11.9. The van der Waals surface area contributed by atoms with Crippen molar-refractivity contribution in [3.8, 4) is 11.1 Å². The van der Waals surface area contributed by atoms with Crippen molar-refractivity contribution < 1.29 is 4.79 Å². The van der Waals surface area contributed by atoms with Gasteiger partial charge in [-0.3, -0.25) is 4.79 Å². The standard InChI is InChI=1S/C19H18ClN5O/c1-2-16(26)24-8-7-14(9-24)25-10-15(12-3-5-13(20)6-4-12)17-18(21)22-11-23-19(17)25/h2-6,10-11,14H,1,7-9H2,(H2,21,22,23)/t14-/m1/s1. The number of carbonyl (C=O) groups excluding carboxylic acids is 1. The van der Waals surface area contributed by atoms with E-state index < -0.39 is 0 Å². The number of nitrogens with zero attached hydrogens (tertiary/aromatic N) is 4. The molecule has 1 aliphatic rings. The van der Waals surface area contributed by atoms with Crippen molar-refractivity contribution in [1.29, 1.82) is 0 Å². The Balaban J connectivity index is 1.82. The molecule has 6 nitrogen and oxygen atoms in total. The van der Waals surface area contributed by atoms with Crippen molar-refractivity contribution in [1.82, 2.24) is 19.4 Å². The zero-order valence-electron chi connectivity index (χ0n) is 14.1. The molecule has 0 aliphatic carbocycles. The van der Waals surface area contributed by atoms with Gasteiger partial charge < -0.3 is 15.2 Å². The van der Waals surface area contributed by atoms with E-state index in [1.54, 1.807) is 4.90 Å². The first-order valence-corrected chi connectivity index (χ1v) is 8.74. The summed E-state index contributed by atoms with van der Waals surface area (Å²) in [5.74, 6) is 0.395. The number of benzene rings is 1. The molecule has 4 rings (SSSR count). The number of likely N-dealkylation sites (tertiary alicyclic amines) is 1. The highest BCUT2D eigenvalue weighted by Crippen LogP contribution is 2.36. The van der Waals surface area contributed by atoms with Crippen LogP contribution in [0.2, 0.25) is 5.02 Å². The first-order valence-electron chi connectivity index (χ1n) is 8.36. The van der Waals surface area contributed by atoms with Crippen molar-refractivity contribution in [3.05, 3.63) is 54.5 Å². The van der Waals surface area contributed by atoms with Crippen LogP contribution in [0.25, 0.3) is 22.2 Å². The van der Waals surface area contributed by atoms with Crippen LogP contribution in [0.4, 0.5) is 5.82 Å². The largest absolute Gasteiger partial charge is 0.383 e. The van der Waals surface area contributed by atoms with Gasteiger partial charge in [0.25, 0.3) is 0 Å². The summed E-state index contributed by atoms with van der Waals surface area (Å²) in [7, 11) is 0. The number of hydrogen-bond donors (Lipinski definition) is 1. The van der Waals surface area contributed by atoms with E-state index >= 15 is 0 Å². The van der Waals surface area contributed by atoms with Gasteiger partial charge in [-0.15, -0.1) is 0 Å². The van der Waals surface area contributed by atoms with Crippen LogP contribution in [-0.4, -0.2) is 38.4 Å². The summed E-state index contributed by atoms with van der Waals surface area (Å²) < 4.78 is 2.10. The van der Waals surface area contributed by atoms with Gasteiger partial charge in [0.1, 0.15) is 17.8 Å². The summed E-state index contributed by atoms with van der Waals surface area (Å²) in [5, 5.41) is 1.50. The van der Waals surface area contributed by atoms with E-state index in [1.807, 2.05) is 30.5 Å². The van der Waals surface area contributed by atoms with Gasteiger partial charge in [-0.1, -0.05) is 30.3 Å². The Kier molecular flexibility index (Phi) is 4.12. The number of hydrogen-bond acceptors (Lipinski definition) is 4. The molecule has 0 bridgehead atoms. The lowest BCUT2D eigenvalue weighted by Crippen LogP contribution is -2.27. The van der Waals surface area contributed by atoms with Crippen molar-refractivity contribution in [3.63, 3.8) is 0 Å². The first-order chi connectivity index (χ1) is 12.6. The monoisotopic (exact) mass is 367 g/mol. The molecule has 1 aromatic carbocycles. The minimum atomic E-state index is -0.0453. The van der Waals surface area contributed by atoms with Gasteiger partial charge in [0.05, 0.1) is 11.4 Å². The summed E-state index contributed by atoms with van der Waals surface area (Å²) >= 11 is 6.02. The zero-order valence-corrected chi connectivity index (χ0v) is 14.9. The molecule has 0 unspecified atom stereocenters. The lowest BCUT2D eigenvalue weighted by atomic mass is 10.1. The molecular weight excluding hydrogens is 350 g/mol. The minimum absolute atomic E-state index is 0.0453. The zero-order chi connectivity index (χ0) is 18.3. The number of fused-ring (bicyclic) bond motifs is 1. The number of halogens is 1. The molecule has 7 heteroatoms. The van der Waals surface area contributed by atoms with Crippen LogP contribution >= 0.6 is 11.6 Å². The summed E-state index contributed by atoms with van der Waals surface area (Å²) in [4.78, 5) is 22.3. The Hall–Kier alpha value is -2.86. The maximum atomic E-state index is 11.9. The lowest BCUT2D eigenvalue weighted by molar-refractivity contribution is -0.125. The smallest absolute Gasteiger partial charge is 0.246 e. The SMILES string of the molecule is C=CC(=O)N1CC[C@@H](n2cc(-c3ccc(Cl)cc3)c3c(N)ncnc32)C1.